The first kappa shape index (κ1) is 6.70. The van der Waals surface area contributed by atoms with Crippen LogP contribution in [-0.2, 0) is 4.79 Å². The minimum atomic E-state index is -1.15. The highest BCUT2D eigenvalue weighted by molar-refractivity contribution is 5.74. The Morgan fingerprint density at radius 3 is 2.50 bits per heavy atom. The van der Waals surface area contributed by atoms with E-state index >= 15 is 0 Å². The number of rotatable bonds is 2. The van der Waals surface area contributed by atoms with E-state index in [2.05, 4.69) is 6.58 Å². The number of carboxylic acids is 1. The van der Waals surface area contributed by atoms with Crippen LogP contribution in [0.15, 0.2) is 12.7 Å². The van der Waals surface area contributed by atoms with E-state index < -0.39 is 11.9 Å². The number of carbonyl (C=O) groups is 1. The second kappa shape index (κ2) is 2.80. The number of carboxylic acid groups (broad SMARTS) is 1. The van der Waals surface area contributed by atoms with Gasteiger partial charge >= 0.3 is 5.97 Å². The summed E-state index contributed by atoms with van der Waals surface area (Å²) in [5.74, 6) is -2.21. The molecular formula is C5H5NO2. The van der Waals surface area contributed by atoms with Gasteiger partial charge in [-0.1, -0.05) is 6.08 Å². The number of hydrogen-bond donors (Lipinski definition) is 1. The van der Waals surface area contributed by atoms with Crippen LogP contribution in [0.4, 0.5) is 0 Å². The fourth-order valence-corrected chi connectivity index (χ4v) is 0.209. The highest BCUT2D eigenvalue weighted by Crippen LogP contribution is 1.92. The van der Waals surface area contributed by atoms with Gasteiger partial charge in [-0.05, 0) is 0 Å². The van der Waals surface area contributed by atoms with Crippen molar-refractivity contribution >= 4 is 5.97 Å². The van der Waals surface area contributed by atoms with E-state index in [1.165, 1.54) is 6.07 Å². The fourth-order valence-electron chi connectivity index (χ4n) is 0.209. The van der Waals surface area contributed by atoms with E-state index in [4.69, 9.17) is 10.4 Å². The molecule has 3 nitrogen and oxygen atoms in total. The van der Waals surface area contributed by atoms with Crippen LogP contribution in [0, 0.1) is 17.2 Å². The lowest BCUT2D eigenvalue weighted by Crippen LogP contribution is -2.06. The Bertz CT molecular complexity index is 145. The lowest BCUT2D eigenvalue weighted by Gasteiger charge is -1.89. The predicted molar refractivity (Wildman–Crippen MR) is 26.9 cm³/mol. The van der Waals surface area contributed by atoms with E-state index in [9.17, 15) is 4.79 Å². The van der Waals surface area contributed by atoms with E-state index in [0.717, 1.165) is 6.08 Å². The molecule has 0 aliphatic rings. The number of nitrogens with zero attached hydrogens (tertiary/aromatic N) is 1. The van der Waals surface area contributed by atoms with E-state index in [1.807, 2.05) is 0 Å². The van der Waals surface area contributed by atoms with E-state index in [-0.39, 0.29) is 0 Å². The fraction of sp³-hybridized carbons (Fsp3) is 0.200. The van der Waals surface area contributed by atoms with Crippen LogP contribution in [0.1, 0.15) is 0 Å². The van der Waals surface area contributed by atoms with Crippen molar-refractivity contribution in [3.63, 3.8) is 0 Å². The molecule has 1 N–H and O–H groups in total. The molecule has 0 amide bonds. The molecule has 0 fully saturated rings. The molecule has 3 heteroatoms. The summed E-state index contributed by atoms with van der Waals surface area (Å²) in [6.07, 6.45) is 1.09. The second-order valence-electron chi connectivity index (χ2n) is 1.18. The van der Waals surface area contributed by atoms with Crippen molar-refractivity contribution in [3.05, 3.63) is 12.7 Å². The average Bonchev–Trinajstić information content (AvgIpc) is 1.69. The first-order valence-electron chi connectivity index (χ1n) is 1.97. The summed E-state index contributed by atoms with van der Waals surface area (Å²) in [5.41, 5.74) is 0. The van der Waals surface area contributed by atoms with Crippen molar-refractivity contribution in [2.45, 2.75) is 0 Å². The maximum atomic E-state index is 9.87. The molecule has 0 aliphatic carbocycles. The minimum absolute atomic E-state index is 1.06. The molecule has 0 aromatic carbocycles. The zero-order valence-corrected chi connectivity index (χ0v) is 4.16. The molecule has 0 aromatic rings. The van der Waals surface area contributed by atoms with Gasteiger partial charge in [0.05, 0.1) is 6.07 Å². The highest BCUT2D eigenvalue weighted by Gasteiger charge is 2.09. The summed E-state index contributed by atoms with van der Waals surface area (Å²) in [6, 6.07) is 1.53. The Labute approximate surface area is 46.9 Å². The quantitative estimate of drug-likeness (QED) is 0.524. The lowest BCUT2D eigenvalue weighted by molar-refractivity contribution is -0.138. The summed E-state index contributed by atoms with van der Waals surface area (Å²) in [6.45, 7) is 3.15. The van der Waals surface area contributed by atoms with Gasteiger partial charge in [0.25, 0.3) is 0 Å². The van der Waals surface area contributed by atoms with Crippen molar-refractivity contribution in [1.29, 1.82) is 5.26 Å². The molecule has 0 saturated heterocycles. The largest absolute Gasteiger partial charge is 0.480 e. The van der Waals surface area contributed by atoms with Crippen LogP contribution in [0.2, 0.25) is 0 Å². The Morgan fingerprint density at radius 1 is 2.00 bits per heavy atom. The van der Waals surface area contributed by atoms with Crippen molar-refractivity contribution in [2.75, 3.05) is 0 Å². The van der Waals surface area contributed by atoms with Gasteiger partial charge in [0.15, 0.2) is 5.92 Å². The summed E-state index contributed by atoms with van der Waals surface area (Å²) < 4.78 is 0. The van der Waals surface area contributed by atoms with E-state index in [1.54, 1.807) is 0 Å². The SMILES string of the molecule is C=CC(C#N)C(=O)O. The number of hydrogen-bond acceptors (Lipinski definition) is 2. The summed E-state index contributed by atoms with van der Waals surface area (Å²) in [4.78, 5) is 9.87. The van der Waals surface area contributed by atoms with Crippen LogP contribution < -0.4 is 0 Å². The third-order valence-electron chi connectivity index (χ3n) is 0.641. The van der Waals surface area contributed by atoms with Gasteiger partial charge in [-0.3, -0.25) is 4.79 Å². The Kier molecular flexibility index (Phi) is 2.35. The Morgan fingerprint density at radius 2 is 2.50 bits per heavy atom. The predicted octanol–water partition coefficient (Wildman–Crippen LogP) is 0.397. The molecule has 0 heterocycles. The second-order valence-corrected chi connectivity index (χ2v) is 1.18. The molecule has 0 bridgehead atoms. The van der Waals surface area contributed by atoms with Crippen molar-refractivity contribution in [3.8, 4) is 6.07 Å². The molecule has 1 atom stereocenters. The summed E-state index contributed by atoms with van der Waals surface area (Å²) in [5, 5.41) is 16.1. The molecule has 0 aliphatic heterocycles. The van der Waals surface area contributed by atoms with Crippen molar-refractivity contribution in [1.82, 2.24) is 0 Å². The summed E-state index contributed by atoms with van der Waals surface area (Å²) in [7, 11) is 0. The molecule has 0 saturated carbocycles. The van der Waals surface area contributed by atoms with Crippen molar-refractivity contribution in [2.24, 2.45) is 5.92 Å². The van der Waals surface area contributed by atoms with Crippen LogP contribution in [0.25, 0.3) is 0 Å². The molecule has 0 spiro atoms. The molecule has 1 unspecified atom stereocenters. The maximum Gasteiger partial charge on any atom is 0.324 e. The molecule has 42 valence electrons. The minimum Gasteiger partial charge on any atom is -0.480 e. The topological polar surface area (TPSA) is 61.1 Å². The molecule has 8 heavy (non-hydrogen) atoms. The van der Waals surface area contributed by atoms with Crippen LogP contribution in [0.5, 0.6) is 0 Å². The Hall–Kier alpha value is -1.30. The third-order valence-corrected chi connectivity index (χ3v) is 0.641. The molecule has 0 rings (SSSR count). The summed E-state index contributed by atoms with van der Waals surface area (Å²) >= 11 is 0. The van der Waals surface area contributed by atoms with Crippen molar-refractivity contribution < 1.29 is 9.90 Å². The number of nitriles is 1. The van der Waals surface area contributed by atoms with Gasteiger partial charge in [-0.15, -0.1) is 6.58 Å². The number of aliphatic carboxylic acids is 1. The van der Waals surface area contributed by atoms with Crippen LogP contribution >= 0.6 is 0 Å². The zero-order valence-electron chi connectivity index (χ0n) is 4.16. The van der Waals surface area contributed by atoms with Gasteiger partial charge < -0.3 is 5.11 Å². The zero-order chi connectivity index (χ0) is 6.57. The normalized spacial score (nSPS) is 11.4. The smallest absolute Gasteiger partial charge is 0.324 e. The van der Waals surface area contributed by atoms with E-state index in [0.29, 0.717) is 0 Å². The standard InChI is InChI=1S/C5H5NO2/c1-2-4(3-6)5(7)8/h2,4H,1H2,(H,7,8). The highest BCUT2D eigenvalue weighted by atomic mass is 16.4. The first-order valence-corrected chi connectivity index (χ1v) is 1.97. The Balaban J connectivity index is 3.95. The van der Waals surface area contributed by atoms with Crippen LogP contribution in [-0.4, -0.2) is 11.1 Å². The van der Waals surface area contributed by atoms with Gasteiger partial charge in [0.1, 0.15) is 0 Å². The van der Waals surface area contributed by atoms with Gasteiger partial charge in [-0.25, -0.2) is 0 Å². The lowest BCUT2D eigenvalue weighted by atomic mass is 10.2. The molecule has 0 radical (unpaired) electrons. The monoisotopic (exact) mass is 111 g/mol. The molecule has 0 aromatic heterocycles. The average molecular weight is 111 g/mol. The van der Waals surface area contributed by atoms with Crippen LogP contribution in [0.3, 0.4) is 0 Å². The molecular weight excluding hydrogens is 106 g/mol. The third kappa shape index (κ3) is 1.43. The maximum absolute atomic E-state index is 9.87. The van der Waals surface area contributed by atoms with Gasteiger partial charge in [-0.2, -0.15) is 5.26 Å². The van der Waals surface area contributed by atoms with Gasteiger partial charge in [0, 0.05) is 0 Å². The van der Waals surface area contributed by atoms with Gasteiger partial charge in [0.2, 0.25) is 0 Å². The first-order chi connectivity index (χ1) is 3.72.